The minimum absolute atomic E-state index is 0.118. The van der Waals surface area contributed by atoms with Crippen LogP contribution in [0.1, 0.15) is 26.3 Å². The van der Waals surface area contributed by atoms with Crippen LogP contribution in [0.15, 0.2) is 35.3 Å². The van der Waals surface area contributed by atoms with Crippen LogP contribution >= 0.6 is 0 Å². The van der Waals surface area contributed by atoms with E-state index in [-0.39, 0.29) is 12.5 Å². The van der Waals surface area contributed by atoms with Gasteiger partial charge in [0.1, 0.15) is 11.7 Å². The third-order valence-electron chi connectivity index (χ3n) is 3.67. The monoisotopic (exact) mass is 317 g/mol. The maximum atomic E-state index is 12.7. The van der Waals surface area contributed by atoms with Crippen molar-refractivity contribution in [1.82, 2.24) is 10.2 Å². The van der Waals surface area contributed by atoms with Crippen molar-refractivity contribution >= 4 is 17.9 Å². The first-order chi connectivity index (χ1) is 10.9. The molecule has 1 aromatic carbocycles. The van der Waals surface area contributed by atoms with E-state index in [1.807, 2.05) is 30.3 Å². The van der Waals surface area contributed by atoms with Crippen LogP contribution in [0.25, 0.3) is 0 Å². The van der Waals surface area contributed by atoms with Crippen LogP contribution in [0.4, 0.5) is 0 Å². The summed E-state index contributed by atoms with van der Waals surface area (Å²) in [5.41, 5.74) is -0.0327. The topological polar surface area (TPSA) is 88.1 Å². The maximum absolute atomic E-state index is 12.7. The average molecular weight is 317 g/mol. The summed E-state index contributed by atoms with van der Waals surface area (Å²) in [4.78, 5) is 39.9. The van der Waals surface area contributed by atoms with Crippen LogP contribution in [0.5, 0.6) is 0 Å². The molecule has 0 aromatic heterocycles. The zero-order chi connectivity index (χ0) is 17.0. The molecule has 0 spiro atoms. The lowest BCUT2D eigenvalue weighted by molar-refractivity contribution is -0.150. The van der Waals surface area contributed by atoms with E-state index in [9.17, 15) is 14.4 Å². The zero-order valence-electron chi connectivity index (χ0n) is 13.3. The van der Waals surface area contributed by atoms with Gasteiger partial charge in [-0.3, -0.25) is 9.59 Å². The van der Waals surface area contributed by atoms with E-state index >= 15 is 0 Å². The van der Waals surface area contributed by atoms with Gasteiger partial charge < -0.3 is 15.0 Å². The number of amides is 2. The standard InChI is InChI=1S/C16H19N3O4/c1-11-13(21)18-16(2,3)19(11)15(22)14(17-10-20)23-9-12-7-5-4-6-8-12/h4-8,11,14H,9H2,1-3H3,(H,18,21). The summed E-state index contributed by atoms with van der Waals surface area (Å²) in [6.07, 6.45) is 0.0276. The first-order valence-corrected chi connectivity index (χ1v) is 7.24. The van der Waals surface area contributed by atoms with Gasteiger partial charge >= 0.3 is 0 Å². The zero-order valence-corrected chi connectivity index (χ0v) is 13.3. The molecule has 2 rings (SSSR count). The Morgan fingerprint density at radius 3 is 2.61 bits per heavy atom. The Hall–Kier alpha value is -2.50. The molecule has 1 fully saturated rings. The highest BCUT2D eigenvalue weighted by Crippen LogP contribution is 2.24. The number of benzene rings is 1. The predicted octanol–water partition coefficient (Wildman–Crippen LogP) is 0.948. The van der Waals surface area contributed by atoms with Gasteiger partial charge in [-0.05, 0) is 26.3 Å². The quantitative estimate of drug-likeness (QED) is 0.647. The van der Waals surface area contributed by atoms with Gasteiger partial charge in [0.2, 0.25) is 18.2 Å². The predicted molar refractivity (Wildman–Crippen MR) is 81.7 cm³/mol. The molecule has 0 radical (unpaired) electrons. The van der Waals surface area contributed by atoms with Gasteiger partial charge in [0.05, 0.1) is 6.61 Å². The van der Waals surface area contributed by atoms with Crippen molar-refractivity contribution in [3.63, 3.8) is 0 Å². The van der Waals surface area contributed by atoms with Crippen LogP contribution in [-0.2, 0) is 25.7 Å². The Balaban J connectivity index is 2.15. The van der Waals surface area contributed by atoms with Gasteiger partial charge in [0.15, 0.2) is 0 Å². The summed E-state index contributed by atoms with van der Waals surface area (Å²) in [7, 11) is 0. The fraction of sp³-hybridized carbons (Fsp3) is 0.438. The van der Waals surface area contributed by atoms with E-state index in [1.165, 1.54) is 11.0 Å². The molecule has 2 amide bonds. The molecule has 122 valence electrons. The second-order valence-corrected chi connectivity index (χ2v) is 5.80. The van der Waals surface area contributed by atoms with E-state index in [1.54, 1.807) is 20.8 Å². The second-order valence-electron chi connectivity index (χ2n) is 5.80. The number of hydrogen-bond donors (Lipinski definition) is 1. The molecule has 1 aliphatic rings. The number of carbonyl (C=O) groups is 2. The smallest absolute Gasteiger partial charge is 0.277 e. The average Bonchev–Trinajstić information content (AvgIpc) is 2.71. The Labute approximate surface area is 134 Å². The number of ether oxygens (including phenoxy) is 1. The highest BCUT2D eigenvalue weighted by Gasteiger charge is 2.47. The molecule has 0 saturated carbocycles. The lowest BCUT2D eigenvalue weighted by Crippen LogP contribution is -2.54. The molecule has 1 N–H and O–H groups in total. The minimum Gasteiger partial charge on any atom is -0.343 e. The lowest BCUT2D eigenvalue weighted by atomic mass is 10.2. The molecule has 2 atom stereocenters. The van der Waals surface area contributed by atoms with Gasteiger partial charge in [0, 0.05) is 0 Å². The first kappa shape index (κ1) is 16.9. The minimum atomic E-state index is -1.33. The van der Waals surface area contributed by atoms with Crippen molar-refractivity contribution in [2.75, 3.05) is 0 Å². The van der Waals surface area contributed by atoms with Gasteiger partial charge in [-0.2, -0.15) is 4.99 Å². The Morgan fingerprint density at radius 2 is 2.09 bits per heavy atom. The number of isocyanates is 1. The Bertz CT molecular complexity index is 638. The van der Waals surface area contributed by atoms with E-state index < -0.39 is 23.8 Å². The molecule has 0 aliphatic carbocycles. The van der Waals surface area contributed by atoms with Gasteiger partial charge in [-0.25, -0.2) is 4.79 Å². The molecule has 1 heterocycles. The van der Waals surface area contributed by atoms with E-state index in [0.717, 1.165) is 5.56 Å². The molecule has 7 nitrogen and oxygen atoms in total. The van der Waals surface area contributed by atoms with E-state index in [4.69, 9.17) is 4.74 Å². The van der Waals surface area contributed by atoms with E-state index in [0.29, 0.717) is 0 Å². The fourth-order valence-electron chi connectivity index (χ4n) is 2.61. The number of nitrogens with zero attached hydrogens (tertiary/aromatic N) is 2. The third kappa shape index (κ3) is 3.64. The Kier molecular flexibility index (Phi) is 4.93. The van der Waals surface area contributed by atoms with Crippen LogP contribution in [0.2, 0.25) is 0 Å². The van der Waals surface area contributed by atoms with Crippen LogP contribution in [0.3, 0.4) is 0 Å². The largest absolute Gasteiger partial charge is 0.343 e. The number of nitrogens with one attached hydrogen (secondary N) is 1. The van der Waals surface area contributed by atoms with Crippen molar-refractivity contribution in [2.24, 2.45) is 4.99 Å². The maximum Gasteiger partial charge on any atom is 0.277 e. The van der Waals surface area contributed by atoms with Crippen molar-refractivity contribution < 1.29 is 19.1 Å². The first-order valence-electron chi connectivity index (χ1n) is 7.24. The van der Waals surface area contributed by atoms with Crippen LogP contribution < -0.4 is 5.32 Å². The van der Waals surface area contributed by atoms with Crippen LogP contribution in [0, 0.1) is 0 Å². The number of aliphatic imine (C=N–C) groups is 1. The number of rotatable bonds is 5. The summed E-state index contributed by atoms with van der Waals surface area (Å²) in [6.45, 7) is 5.13. The van der Waals surface area contributed by atoms with Crippen molar-refractivity contribution in [3.05, 3.63) is 35.9 Å². The summed E-state index contributed by atoms with van der Waals surface area (Å²) >= 11 is 0. The normalized spacial score (nSPS) is 20.6. The summed E-state index contributed by atoms with van der Waals surface area (Å²) in [5.74, 6) is -0.819. The fourth-order valence-corrected chi connectivity index (χ4v) is 2.61. The SMILES string of the molecule is CC1C(=O)NC(C)(C)N1C(=O)C(N=C=O)OCc1ccccc1. The molecule has 1 saturated heterocycles. The second kappa shape index (κ2) is 6.73. The molecule has 0 bridgehead atoms. The lowest BCUT2D eigenvalue weighted by Gasteiger charge is -2.33. The summed E-state index contributed by atoms with van der Waals surface area (Å²) < 4.78 is 5.46. The third-order valence-corrected chi connectivity index (χ3v) is 3.67. The molecule has 1 aromatic rings. The molecule has 1 aliphatic heterocycles. The molecule has 2 unspecified atom stereocenters. The van der Waals surface area contributed by atoms with E-state index in [2.05, 4.69) is 10.3 Å². The van der Waals surface area contributed by atoms with Crippen LogP contribution in [-0.4, -0.2) is 40.7 Å². The summed E-state index contributed by atoms with van der Waals surface area (Å²) in [5, 5.41) is 2.72. The number of hydrogen-bond acceptors (Lipinski definition) is 5. The van der Waals surface area contributed by atoms with Gasteiger partial charge in [-0.1, -0.05) is 30.3 Å². The summed E-state index contributed by atoms with van der Waals surface area (Å²) in [6, 6.07) is 8.54. The highest BCUT2D eigenvalue weighted by atomic mass is 16.5. The van der Waals surface area contributed by atoms with Crippen molar-refractivity contribution in [1.29, 1.82) is 0 Å². The Morgan fingerprint density at radius 1 is 1.43 bits per heavy atom. The van der Waals surface area contributed by atoms with Gasteiger partial charge in [-0.15, -0.1) is 0 Å². The van der Waals surface area contributed by atoms with Crippen molar-refractivity contribution in [3.8, 4) is 0 Å². The van der Waals surface area contributed by atoms with Gasteiger partial charge in [0.25, 0.3) is 5.91 Å². The van der Waals surface area contributed by atoms with Crippen molar-refractivity contribution in [2.45, 2.75) is 45.3 Å². The molecular formula is C16H19N3O4. The molecular weight excluding hydrogens is 298 g/mol. The molecule has 23 heavy (non-hydrogen) atoms. The highest BCUT2D eigenvalue weighted by molar-refractivity contribution is 5.93. The molecule has 7 heteroatoms. The number of carbonyl (C=O) groups excluding carboxylic acids is 3.